The third kappa shape index (κ3) is 3.64. The Labute approximate surface area is 136 Å². The van der Waals surface area contributed by atoms with Crippen molar-refractivity contribution in [3.8, 4) is 0 Å². The third-order valence-corrected chi connectivity index (χ3v) is 4.15. The van der Waals surface area contributed by atoms with E-state index in [1.165, 1.54) is 0 Å². The zero-order valence-electron chi connectivity index (χ0n) is 13.4. The van der Waals surface area contributed by atoms with Gasteiger partial charge in [0.2, 0.25) is 0 Å². The maximum absolute atomic E-state index is 12.5. The van der Waals surface area contributed by atoms with Crippen molar-refractivity contribution in [3.05, 3.63) is 48.2 Å². The third-order valence-electron chi connectivity index (χ3n) is 4.15. The molecule has 120 valence electrons. The number of rotatable bonds is 4. The molecule has 0 spiro atoms. The van der Waals surface area contributed by atoms with Crippen molar-refractivity contribution in [3.63, 3.8) is 0 Å². The van der Waals surface area contributed by atoms with Crippen molar-refractivity contribution in [2.75, 3.05) is 18.4 Å². The van der Waals surface area contributed by atoms with Crippen molar-refractivity contribution < 1.29 is 4.79 Å². The zero-order valence-corrected chi connectivity index (χ0v) is 13.4. The molecule has 3 heterocycles. The summed E-state index contributed by atoms with van der Waals surface area (Å²) in [6, 6.07) is 7.52. The van der Waals surface area contributed by atoms with Gasteiger partial charge in [0.1, 0.15) is 17.3 Å². The van der Waals surface area contributed by atoms with Gasteiger partial charge in [-0.15, -0.1) is 0 Å². The summed E-state index contributed by atoms with van der Waals surface area (Å²) in [5, 5.41) is 3.34. The van der Waals surface area contributed by atoms with Gasteiger partial charge < -0.3 is 10.2 Å². The summed E-state index contributed by atoms with van der Waals surface area (Å²) in [5.74, 6) is 2.01. The van der Waals surface area contributed by atoms with Crippen LogP contribution in [0.5, 0.6) is 0 Å². The molecule has 1 N–H and O–H groups in total. The average molecular weight is 311 g/mol. The minimum absolute atomic E-state index is 0.0125. The number of aromatic nitrogens is 3. The van der Waals surface area contributed by atoms with Gasteiger partial charge in [0.15, 0.2) is 0 Å². The Morgan fingerprint density at radius 3 is 2.91 bits per heavy atom. The summed E-state index contributed by atoms with van der Waals surface area (Å²) in [6.45, 7) is 5.51. The molecule has 0 bridgehead atoms. The molecule has 2 aromatic heterocycles. The molecule has 6 nitrogen and oxygen atoms in total. The first-order chi connectivity index (χ1) is 11.1. The van der Waals surface area contributed by atoms with Crippen LogP contribution < -0.4 is 5.32 Å². The van der Waals surface area contributed by atoms with Gasteiger partial charge in [-0.05, 0) is 44.4 Å². The molecular formula is C17H21N5O. The van der Waals surface area contributed by atoms with E-state index in [1.807, 2.05) is 30.0 Å². The van der Waals surface area contributed by atoms with Gasteiger partial charge in [0.25, 0.3) is 5.91 Å². The molecule has 1 fully saturated rings. The number of amides is 1. The smallest absolute Gasteiger partial charge is 0.272 e. The number of nitrogens with one attached hydrogen (secondary N) is 1. The van der Waals surface area contributed by atoms with E-state index in [4.69, 9.17) is 0 Å². The minimum atomic E-state index is 0.0125. The monoisotopic (exact) mass is 311 g/mol. The fourth-order valence-electron chi connectivity index (χ4n) is 3.01. The Morgan fingerprint density at radius 2 is 2.17 bits per heavy atom. The molecule has 23 heavy (non-hydrogen) atoms. The second-order valence-electron chi connectivity index (χ2n) is 5.99. The van der Waals surface area contributed by atoms with Crippen LogP contribution in [-0.4, -0.2) is 44.9 Å². The minimum Gasteiger partial charge on any atom is -0.370 e. The van der Waals surface area contributed by atoms with E-state index in [2.05, 4.69) is 27.2 Å². The van der Waals surface area contributed by atoms with Crippen LogP contribution >= 0.6 is 0 Å². The first-order valence-corrected chi connectivity index (χ1v) is 7.89. The molecule has 1 aliphatic heterocycles. The number of hydrogen-bond acceptors (Lipinski definition) is 5. The van der Waals surface area contributed by atoms with E-state index in [0.717, 1.165) is 31.2 Å². The van der Waals surface area contributed by atoms with Crippen LogP contribution in [0.15, 0.2) is 36.7 Å². The van der Waals surface area contributed by atoms with Crippen molar-refractivity contribution >= 4 is 11.7 Å². The molecule has 1 aliphatic rings. The van der Waals surface area contributed by atoms with Crippen LogP contribution in [0.2, 0.25) is 0 Å². The molecule has 6 heteroatoms. The molecule has 2 atom stereocenters. The Morgan fingerprint density at radius 1 is 1.30 bits per heavy atom. The highest BCUT2D eigenvalue weighted by molar-refractivity contribution is 5.92. The molecular weight excluding hydrogens is 290 g/mol. The quantitative estimate of drug-likeness (QED) is 0.936. The van der Waals surface area contributed by atoms with E-state index < -0.39 is 0 Å². The Hall–Kier alpha value is -2.50. The standard InChI is InChI=1S/C17H21N5O/c1-12-9-14(10-20-16-6-8-18-13(2)21-16)11-22(12)17(23)15-5-3-4-7-19-15/h3-8,12,14H,9-11H2,1-2H3,(H,18,20,21). The molecule has 0 saturated carbocycles. The largest absolute Gasteiger partial charge is 0.370 e. The van der Waals surface area contributed by atoms with Crippen LogP contribution in [0.25, 0.3) is 0 Å². The lowest BCUT2D eigenvalue weighted by Crippen LogP contribution is -2.34. The lowest BCUT2D eigenvalue weighted by molar-refractivity contribution is 0.0737. The number of carbonyl (C=O) groups is 1. The van der Waals surface area contributed by atoms with Gasteiger partial charge in [0, 0.05) is 31.5 Å². The first kappa shape index (κ1) is 15.4. The van der Waals surface area contributed by atoms with Crippen molar-refractivity contribution in [2.45, 2.75) is 26.3 Å². The Balaban J connectivity index is 1.59. The van der Waals surface area contributed by atoms with E-state index in [0.29, 0.717) is 11.6 Å². The van der Waals surface area contributed by atoms with Crippen LogP contribution in [-0.2, 0) is 0 Å². The van der Waals surface area contributed by atoms with Gasteiger partial charge >= 0.3 is 0 Å². The zero-order chi connectivity index (χ0) is 16.2. The lowest BCUT2D eigenvalue weighted by Gasteiger charge is -2.21. The van der Waals surface area contributed by atoms with Crippen LogP contribution in [0.3, 0.4) is 0 Å². The van der Waals surface area contributed by atoms with E-state index >= 15 is 0 Å². The highest BCUT2D eigenvalue weighted by atomic mass is 16.2. The van der Waals surface area contributed by atoms with Gasteiger partial charge in [-0.25, -0.2) is 9.97 Å². The fraction of sp³-hybridized carbons (Fsp3) is 0.412. The highest BCUT2D eigenvalue weighted by Crippen LogP contribution is 2.24. The van der Waals surface area contributed by atoms with Gasteiger partial charge in [0.05, 0.1) is 0 Å². The molecule has 0 aliphatic carbocycles. The second-order valence-corrected chi connectivity index (χ2v) is 5.99. The predicted octanol–water partition coefficient (Wildman–Crippen LogP) is 2.14. The summed E-state index contributed by atoms with van der Waals surface area (Å²) in [7, 11) is 0. The van der Waals surface area contributed by atoms with Crippen molar-refractivity contribution in [1.29, 1.82) is 0 Å². The first-order valence-electron chi connectivity index (χ1n) is 7.89. The predicted molar refractivity (Wildman–Crippen MR) is 88.1 cm³/mol. The number of carbonyl (C=O) groups excluding carboxylic acids is 1. The maximum Gasteiger partial charge on any atom is 0.272 e. The van der Waals surface area contributed by atoms with Gasteiger partial charge in [-0.1, -0.05) is 6.07 Å². The number of anilines is 1. The molecule has 1 amide bonds. The van der Waals surface area contributed by atoms with E-state index in [1.54, 1.807) is 18.5 Å². The molecule has 3 rings (SSSR count). The molecule has 2 unspecified atom stereocenters. The maximum atomic E-state index is 12.5. The summed E-state index contributed by atoms with van der Waals surface area (Å²) < 4.78 is 0. The van der Waals surface area contributed by atoms with Crippen molar-refractivity contribution in [2.24, 2.45) is 5.92 Å². The van der Waals surface area contributed by atoms with Crippen molar-refractivity contribution in [1.82, 2.24) is 19.9 Å². The summed E-state index contributed by atoms with van der Waals surface area (Å²) in [5.41, 5.74) is 0.513. The van der Waals surface area contributed by atoms with Gasteiger partial charge in [-0.2, -0.15) is 0 Å². The Kier molecular flexibility index (Phi) is 4.50. The molecule has 1 saturated heterocycles. The van der Waals surface area contributed by atoms with E-state index in [9.17, 15) is 4.79 Å². The van der Waals surface area contributed by atoms with Crippen LogP contribution in [0.4, 0.5) is 5.82 Å². The average Bonchev–Trinajstić information content (AvgIpc) is 2.94. The van der Waals surface area contributed by atoms with Crippen LogP contribution in [0.1, 0.15) is 29.7 Å². The molecule has 0 radical (unpaired) electrons. The highest BCUT2D eigenvalue weighted by Gasteiger charge is 2.33. The number of pyridine rings is 1. The summed E-state index contributed by atoms with van der Waals surface area (Å²) in [4.78, 5) is 27.1. The summed E-state index contributed by atoms with van der Waals surface area (Å²) in [6.07, 6.45) is 4.39. The summed E-state index contributed by atoms with van der Waals surface area (Å²) >= 11 is 0. The fourth-order valence-corrected chi connectivity index (χ4v) is 3.01. The van der Waals surface area contributed by atoms with Gasteiger partial charge in [-0.3, -0.25) is 9.78 Å². The van der Waals surface area contributed by atoms with E-state index in [-0.39, 0.29) is 11.9 Å². The lowest BCUT2D eigenvalue weighted by atomic mass is 10.1. The SMILES string of the molecule is Cc1nccc(NCC2CC(C)N(C(=O)c3ccccn3)C2)n1. The molecule has 2 aromatic rings. The van der Waals surface area contributed by atoms with Crippen LogP contribution in [0, 0.1) is 12.8 Å². The normalized spacial score (nSPS) is 20.5. The number of nitrogens with zero attached hydrogens (tertiary/aromatic N) is 4. The second kappa shape index (κ2) is 6.73. The Bertz CT molecular complexity index is 676. The number of likely N-dealkylation sites (tertiary alicyclic amines) is 1. The topological polar surface area (TPSA) is 71.0 Å². The number of hydrogen-bond donors (Lipinski definition) is 1. The number of aryl methyl sites for hydroxylation is 1. The molecule has 0 aromatic carbocycles.